The summed E-state index contributed by atoms with van der Waals surface area (Å²) in [6, 6.07) is 7.50. The van der Waals surface area contributed by atoms with Crippen molar-refractivity contribution < 1.29 is 9.47 Å². The lowest BCUT2D eigenvalue weighted by Gasteiger charge is -2.31. The van der Waals surface area contributed by atoms with E-state index < -0.39 is 0 Å². The molecular weight excluding hydrogens is 376 g/mol. The summed E-state index contributed by atoms with van der Waals surface area (Å²) in [4.78, 5) is 9.48. The number of likely N-dealkylation sites (N-methyl/N-ethyl adjacent to an activating group) is 1. The molecule has 0 unspecified atom stereocenters. The Morgan fingerprint density at radius 3 is 2.79 bits per heavy atom. The number of likely N-dealkylation sites (tertiary alicyclic amines) is 1. The van der Waals surface area contributed by atoms with Crippen LogP contribution in [-0.4, -0.2) is 82.4 Å². The van der Waals surface area contributed by atoms with Crippen LogP contribution in [0.15, 0.2) is 29.3 Å². The van der Waals surface area contributed by atoms with Crippen LogP contribution in [0.3, 0.4) is 0 Å². The second-order valence-electron chi connectivity index (χ2n) is 7.20. The first-order valence-electron chi connectivity index (χ1n) is 10.2. The second kappa shape index (κ2) is 12.9. The van der Waals surface area contributed by atoms with Crippen molar-refractivity contribution in [3.63, 3.8) is 0 Å². The van der Waals surface area contributed by atoms with Crippen molar-refractivity contribution in [1.29, 1.82) is 0 Å². The topological polar surface area (TPSA) is 49.3 Å². The third-order valence-electron chi connectivity index (χ3n) is 5.01. The molecule has 0 spiro atoms. The Balaban J connectivity index is 1.76. The summed E-state index contributed by atoms with van der Waals surface area (Å²) >= 11 is 6.00. The van der Waals surface area contributed by atoms with Gasteiger partial charge in [0.25, 0.3) is 0 Å². The van der Waals surface area contributed by atoms with E-state index in [2.05, 4.69) is 29.1 Å². The van der Waals surface area contributed by atoms with E-state index in [4.69, 9.17) is 26.1 Å². The molecule has 0 aromatic heterocycles. The molecule has 6 nitrogen and oxygen atoms in total. The van der Waals surface area contributed by atoms with Gasteiger partial charge in [0.05, 0.1) is 13.2 Å². The van der Waals surface area contributed by atoms with Crippen LogP contribution in [0.4, 0.5) is 0 Å². The number of halogens is 1. The summed E-state index contributed by atoms with van der Waals surface area (Å²) < 4.78 is 11.0. The molecule has 0 radical (unpaired) electrons. The van der Waals surface area contributed by atoms with Gasteiger partial charge in [0.1, 0.15) is 12.4 Å². The Bertz CT molecular complexity index is 592. The number of nitrogens with zero attached hydrogens (tertiary/aromatic N) is 3. The molecule has 0 bridgehead atoms. The molecule has 1 fully saturated rings. The van der Waals surface area contributed by atoms with Gasteiger partial charge in [-0.05, 0) is 57.0 Å². The minimum Gasteiger partial charge on any atom is -0.492 e. The van der Waals surface area contributed by atoms with Crippen molar-refractivity contribution in [2.24, 2.45) is 10.9 Å². The fourth-order valence-corrected chi connectivity index (χ4v) is 3.44. The highest BCUT2D eigenvalue weighted by Gasteiger charge is 2.19. The van der Waals surface area contributed by atoms with Crippen molar-refractivity contribution >= 4 is 17.6 Å². The van der Waals surface area contributed by atoms with Gasteiger partial charge >= 0.3 is 0 Å². The van der Waals surface area contributed by atoms with Crippen LogP contribution in [-0.2, 0) is 4.74 Å². The smallest absolute Gasteiger partial charge is 0.193 e. The second-order valence-corrected chi connectivity index (χ2v) is 7.64. The molecular formula is C21H35ClN4O2. The zero-order valence-electron chi connectivity index (χ0n) is 17.5. The van der Waals surface area contributed by atoms with Gasteiger partial charge in [-0.3, -0.25) is 4.99 Å². The van der Waals surface area contributed by atoms with E-state index in [9.17, 15) is 0 Å². The zero-order valence-corrected chi connectivity index (χ0v) is 18.2. The van der Waals surface area contributed by atoms with Crippen LogP contribution in [0, 0.1) is 5.92 Å². The standard InChI is InChI=1S/C21H35ClN4O2/c1-4-23-21(24-17-18-8-10-26(11-9-18)13-14-27-3)25(2)12-15-28-20-7-5-6-19(22)16-20/h5-7,16,18H,4,8-15,17H2,1-3H3,(H,23,24). The maximum Gasteiger partial charge on any atom is 0.193 e. The van der Waals surface area contributed by atoms with Gasteiger partial charge in [-0.1, -0.05) is 17.7 Å². The number of nitrogens with one attached hydrogen (secondary N) is 1. The molecule has 0 saturated carbocycles. The minimum absolute atomic E-state index is 0.582. The Morgan fingerprint density at radius 1 is 1.32 bits per heavy atom. The van der Waals surface area contributed by atoms with E-state index in [1.54, 1.807) is 7.11 Å². The number of methoxy groups -OCH3 is 1. The largest absolute Gasteiger partial charge is 0.492 e. The predicted molar refractivity (Wildman–Crippen MR) is 117 cm³/mol. The molecule has 158 valence electrons. The van der Waals surface area contributed by atoms with Crippen LogP contribution in [0.25, 0.3) is 0 Å². The lowest BCUT2D eigenvalue weighted by molar-refractivity contribution is 0.121. The number of rotatable bonds is 10. The summed E-state index contributed by atoms with van der Waals surface area (Å²) in [5.41, 5.74) is 0. The average molecular weight is 411 g/mol. The highest BCUT2D eigenvalue weighted by Crippen LogP contribution is 2.18. The number of hydrogen-bond donors (Lipinski definition) is 1. The average Bonchev–Trinajstić information content (AvgIpc) is 2.70. The normalized spacial score (nSPS) is 16.2. The van der Waals surface area contributed by atoms with Gasteiger partial charge in [0.15, 0.2) is 5.96 Å². The lowest BCUT2D eigenvalue weighted by Crippen LogP contribution is -2.41. The summed E-state index contributed by atoms with van der Waals surface area (Å²) in [5.74, 6) is 2.39. The third-order valence-corrected chi connectivity index (χ3v) is 5.24. The molecule has 1 aromatic carbocycles. The van der Waals surface area contributed by atoms with Gasteiger partial charge in [0, 0.05) is 38.8 Å². The molecule has 0 atom stereocenters. The fourth-order valence-electron chi connectivity index (χ4n) is 3.26. The Morgan fingerprint density at radius 2 is 2.11 bits per heavy atom. The van der Waals surface area contributed by atoms with Crippen LogP contribution in [0.1, 0.15) is 19.8 Å². The highest BCUT2D eigenvalue weighted by atomic mass is 35.5. The van der Waals surface area contributed by atoms with Crippen LogP contribution < -0.4 is 10.1 Å². The molecule has 1 heterocycles. The lowest BCUT2D eigenvalue weighted by atomic mass is 9.97. The number of hydrogen-bond acceptors (Lipinski definition) is 4. The van der Waals surface area contributed by atoms with Gasteiger partial charge in [-0.15, -0.1) is 0 Å². The van der Waals surface area contributed by atoms with E-state index in [0.29, 0.717) is 17.5 Å². The molecule has 1 aromatic rings. The molecule has 1 aliphatic heterocycles. The minimum atomic E-state index is 0.582. The number of benzene rings is 1. The van der Waals surface area contributed by atoms with Crippen LogP contribution >= 0.6 is 11.6 Å². The summed E-state index contributed by atoms with van der Waals surface area (Å²) in [7, 11) is 3.82. The Kier molecular flexibility index (Phi) is 10.5. The molecule has 1 N–H and O–H groups in total. The summed E-state index contributed by atoms with van der Waals surface area (Å²) in [6.45, 7) is 9.30. The van der Waals surface area contributed by atoms with Crippen molar-refractivity contribution in [3.05, 3.63) is 29.3 Å². The number of ether oxygens (including phenoxy) is 2. The molecule has 1 aliphatic rings. The zero-order chi connectivity index (χ0) is 20.2. The first-order chi connectivity index (χ1) is 13.6. The van der Waals surface area contributed by atoms with Crippen molar-refractivity contribution in [1.82, 2.24) is 15.1 Å². The Labute approximate surface area is 174 Å². The summed E-state index contributed by atoms with van der Waals surface area (Å²) in [6.07, 6.45) is 2.41. The van der Waals surface area contributed by atoms with Gasteiger partial charge in [-0.25, -0.2) is 0 Å². The SMILES string of the molecule is CCNC(=NCC1CCN(CCOC)CC1)N(C)CCOc1cccc(Cl)c1. The van der Waals surface area contributed by atoms with Crippen molar-refractivity contribution in [2.75, 3.05) is 66.6 Å². The molecule has 0 aliphatic carbocycles. The fraction of sp³-hybridized carbons (Fsp3) is 0.667. The molecule has 1 saturated heterocycles. The number of piperidine rings is 1. The molecule has 0 amide bonds. The van der Waals surface area contributed by atoms with E-state index >= 15 is 0 Å². The Hall–Kier alpha value is -1.50. The van der Waals surface area contributed by atoms with E-state index in [1.165, 1.54) is 12.8 Å². The van der Waals surface area contributed by atoms with E-state index in [1.807, 2.05) is 24.3 Å². The molecule has 7 heteroatoms. The quantitative estimate of drug-likeness (QED) is 0.474. The monoisotopic (exact) mass is 410 g/mol. The van der Waals surface area contributed by atoms with E-state index in [0.717, 1.165) is 57.6 Å². The van der Waals surface area contributed by atoms with E-state index in [-0.39, 0.29) is 0 Å². The predicted octanol–water partition coefficient (Wildman–Crippen LogP) is 2.97. The maximum absolute atomic E-state index is 6.00. The maximum atomic E-state index is 6.00. The van der Waals surface area contributed by atoms with Crippen molar-refractivity contribution in [2.45, 2.75) is 19.8 Å². The van der Waals surface area contributed by atoms with Gasteiger partial charge in [-0.2, -0.15) is 0 Å². The molecule has 28 heavy (non-hydrogen) atoms. The number of guanidine groups is 1. The first-order valence-corrected chi connectivity index (χ1v) is 10.6. The van der Waals surface area contributed by atoms with Gasteiger partial charge < -0.3 is 24.6 Å². The van der Waals surface area contributed by atoms with Crippen LogP contribution in [0.5, 0.6) is 5.75 Å². The van der Waals surface area contributed by atoms with Crippen LogP contribution in [0.2, 0.25) is 5.02 Å². The summed E-state index contributed by atoms with van der Waals surface area (Å²) in [5, 5.41) is 4.08. The van der Waals surface area contributed by atoms with Gasteiger partial charge in [0.2, 0.25) is 0 Å². The first kappa shape index (κ1) is 22.8. The highest BCUT2D eigenvalue weighted by molar-refractivity contribution is 6.30. The number of aliphatic imine (C=N–C) groups is 1. The third kappa shape index (κ3) is 8.25. The molecule has 2 rings (SSSR count). The van der Waals surface area contributed by atoms with Crippen molar-refractivity contribution in [3.8, 4) is 5.75 Å².